The summed E-state index contributed by atoms with van der Waals surface area (Å²) < 4.78 is 10.0. The standard InChI is InChI=1S/C13H17NO3/c1-3-16-12-9-8-11(10-14-12)6-5-7-13(15)17-4-2/h5-6,8-10H,3-4,7H2,1-2H3. The van der Waals surface area contributed by atoms with Gasteiger partial charge in [0.05, 0.1) is 19.6 Å². The van der Waals surface area contributed by atoms with Gasteiger partial charge < -0.3 is 9.47 Å². The third-order valence-electron chi connectivity index (χ3n) is 1.95. The van der Waals surface area contributed by atoms with E-state index in [2.05, 4.69) is 4.98 Å². The predicted molar refractivity (Wildman–Crippen MR) is 65.7 cm³/mol. The van der Waals surface area contributed by atoms with E-state index < -0.39 is 0 Å². The number of pyridine rings is 1. The Kier molecular flexibility index (Phi) is 5.79. The Hall–Kier alpha value is -1.84. The largest absolute Gasteiger partial charge is 0.478 e. The van der Waals surface area contributed by atoms with Crippen molar-refractivity contribution in [2.75, 3.05) is 13.2 Å². The molecule has 0 radical (unpaired) electrons. The van der Waals surface area contributed by atoms with Crippen molar-refractivity contribution >= 4 is 12.0 Å². The monoisotopic (exact) mass is 235 g/mol. The fraction of sp³-hybridized carbons (Fsp3) is 0.385. The second-order valence-electron chi connectivity index (χ2n) is 3.27. The maximum atomic E-state index is 11.1. The molecule has 0 aliphatic heterocycles. The van der Waals surface area contributed by atoms with Crippen molar-refractivity contribution in [2.45, 2.75) is 20.3 Å². The number of hydrogen-bond donors (Lipinski definition) is 0. The number of hydrogen-bond acceptors (Lipinski definition) is 4. The first-order valence-electron chi connectivity index (χ1n) is 5.67. The predicted octanol–water partition coefficient (Wildman–Crippen LogP) is 2.45. The van der Waals surface area contributed by atoms with Gasteiger partial charge in [0.1, 0.15) is 0 Å². The Morgan fingerprint density at radius 3 is 2.76 bits per heavy atom. The average molecular weight is 235 g/mol. The fourth-order valence-electron chi connectivity index (χ4n) is 1.23. The molecule has 0 aromatic carbocycles. The number of rotatable bonds is 6. The molecule has 0 spiro atoms. The lowest BCUT2D eigenvalue weighted by molar-refractivity contribution is -0.142. The van der Waals surface area contributed by atoms with Crippen LogP contribution in [0.25, 0.3) is 6.08 Å². The topological polar surface area (TPSA) is 48.4 Å². The Labute approximate surface area is 101 Å². The number of carbonyl (C=O) groups excluding carboxylic acids is 1. The lowest BCUT2D eigenvalue weighted by Gasteiger charge is -2.01. The fourth-order valence-corrected chi connectivity index (χ4v) is 1.23. The van der Waals surface area contributed by atoms with Crippen molar-refractivity contribution in [1.29, 1.82) is 0 Å². The molecule has 1 aromatic heterocycles. The molecule has 0 saturated carbocycles. The minimum absolute atomic E-state index is 0.220. The average Bonchev–Trinajstić information content (AvgIpc) is 2.32. The molecule has 1 aromatic rings. The summed E-state index contributed by atoms with van der Waals surface area (Å²) in [5, 5.41) is 0. The third-order valence-corrected chi connectivity index (χ3v) is 1.95. The summed E-state index contributed by atoms with van der Waals surface area (Å²) in [5.74, 6) is 0.387. The van der Waals surface area contributed by atoms with Crippen LogP contribution in [-0.4, -0.2) is 24.2 Å². The van der Waals surface area contributed by atoms with E-state index in [4.69, 9.17) is 9.47 Å². The van der Waals surface area contributed by atoms with E-state index in [1.54, 1.807) is 25.3 Å². The van der Waals surface area contributed by atoms with Crippen molar-refractivity contribution in [3.8, 4) is 5.88 Å². The van der Waals surface area contributed by atoms with Crippen LogP contribution >= 0.6 is 0 Å². The van der Waals surface area contributed by atoms with Gasteiger partial charge in [-0.2, -0.15) is 0 Å². The summed E-state index contributed by atoms with van der Waals surface area (Å²) in [6.45, 7) is 4.72. The molecule has 1 heterocycles. The zero-order valence-electron chi connectivity index (χ0n) is 10.2. The Bertz CT molecular complexity index is 371. The van der Waals surface area contributed by atoms with E-state index in [9.17, 15) is 4.79 Å². The van der Waals surface area contributed by atoms with Gasteiger partial charge in [-0.15, -0.1) is 0 Å². The first-order chi connectivity index (χ1) is 8.26. The molecule has 4 nitrogen and oxygen atoms in total. The molecule has 0 aliphatic carbocycles. The molecular weight excluding hydrogens is 218 g/mol. The van der Waals surface area contributed by atoms with Gasteiger partial charge in [-0.25, -0.2) is 4.98 Å². The minimum atomic E-state index is -0.220. The molecule has 0 unspecified atom stereocenters. The highest BCUT2D eigenvalue weighted by atomic mass is 16.5. The van der Waals surface area contributed by atoms with E-state index in [0.717, 1.165) is 5.56 Å². The van der Waals surface area contributed by atoms with Crippen molar-refractivity contribution in [2.24, 2.45) is 0 Å². The van der Waals surface area contributed by atoms with Crippen LogP contribution in [0.2, 0.25) is 0 Å². The second-order valence-corrected chi connectivity index (χ2v) is 3.27. The maximum Gasteiger partial charge on any atom is 0.309 e. The number of ether oxygens (including phenoxy) is 2. The van der Waals surface area contributed by atoms with Gasteiger partial charge in [0.15, 0.2) is 0 Å². The van der Waals surface area contributed by atoms with Gasteiger partial charge in [0.25, 0.3) is 0 Å². The number of esters is 1. The minimum Gasteiger partial charge on any atom is -0.478 e. The maximum absolute atomic E-state index is 11.1. The summed E-state index contributed by atoms with van der Waals surface area (Å²) in [5.41, 5.74) is 0.928. The van der Waals surface area contributed by atoms with Crippen LogP contribution in [0.5, 0.6) is 5.88 Å². The molecular formula is C13H17NO3. The van der Waals surface area contributed by atoms with E-state index in [-0.39, 0.29) is 12.4 Å². The normalized spacial score (nSPS) is 10.5. The van der Waals surface area contributed by atoms with Crippen LogP contribution in [0.15, 0.2) is 24.4 Å². The van der Waals surface area contributed by atoms with Crippen LogP contribution < -0.4 is 4.74 Å². The molecule has 0 atom stereocenters. The molecule has 0 amide bonds. The van der Waals surface area contributed by atoms with E-state index >= 15 is 0 Å². The lowest BCUT2D eigenvalue weighted by atomic mass is 10.2. The Morgan fingerprint density at radius 2 is 2.18 bits per heavy atom. The van der Waals surface area contributed by atoms with Crippen LogP contribution in [0.3, 0.4) is 0 Å². The van der Waals surface area contributed by atoms with Crippen LogP contribution in [0, 0.1) is 0 Å². The molecule has 0 N–H and O–H groups in total. The summed E-state index contributed by atoms with van der Waals surface area (Å²) in [6, 6.07) is 3.69. The number of nitrogens with zero attached hydrogens (tertiary/aromatic N) is 1. The van der Waals surface area contributed by atoms with Crippen LogP contribution in [0.1, 0.15) is 25.8 Å². The highest BCUT2D eigenvalue weighted by Crippen LogP contribution is 2.09. The van der Waals surface area contributed by atoms with Crippen molar-refractivity contribution in [3.05, 3.63) is 30.0 Å². The summed E-state index contributed by atoms with van der Waals surface area (Å²) >= 11 is 0. The molecule has 0 fully saturated rings. The Balaban J connectivity index is 2.45. The smallest absolute Gasteiger partial charge is 0.309 e. The van der Waals surface area contributed by atoms with E-state index in [1.165, 1.54) is 0 Å². The van der Waals surface area contributed by atoms with Crippen LogP contribution in [-0.2, 0) is 9.53 Å². The first kappa shape index (κ1) is 13.2. The van der Waals surface area contributed by atoms with E-state index in [1.807, 2.05) is 19.1 Å². The van der Waals surface area contributed by atoms with Crippen molar-refractivity contribution in [3.63, 3.8) is 0 Å². The molecule has 0 saturated heterocycles. The van der Waals surface area contributed by atoms with E-state index in [0.29, 0.717) is 19.1 Å². The Morgan fingerprint density at radius 1 is 1.35 bits per heavy atom. The number of aromatic nitrogens is 1. The first-order valence-corrected chi connectivity index (χ1v) is 5.67. The number of carbonyl (C=O) groups is 1. The van der Waals surface area contributed by atoms with Gasteiger partial charge in [0.2, 0.25) is 5.88 Å². The second kappa shape index (κ2) is 7.44. The quantitative estimate of drug-likeness (QED) is 0.710. The SMILES string of the molecule is CCOC(=O)CC=Cc1ccc(OCC)nc1. The zero-order valence-corrected chi connectivity index (χ0v) is 10.2. The molecule has 92 valence electrons. The van der Waals surface area contributed by atoms with Crippen molar-refractivity contribution in [1.82, 2.24) is 4.98 Å². The van der Waals surface area contributed by atoms with Gasteiger partial charge in [0, 0.05) is 12.3 Å². The zero-order chi connectivity index (χ0) is 12.5. The van der Waals surface area contributed by atoms with Gasteiger partial charge in [-0.3, -0.25) is 4.79 Å². The molecule has 17 heavy (non-hydrogen) atoms. The highest BCUT2D eigenvalue weighted by Gasteiger charge is 1.97. The molecule has 1 rings (SSSR count). The molecule has 0 bridgehead atoms. The van der Waals surface area contributed by atoms with Crippen LogP contribution in [0.4, 0.5) is 0 Å². The summed E-state index contributed by atoms with van der Waals surface area (Å²) in [6.07, 6.45) is 5.57. The third kappa shape index (κ3) is 5.15. The van der Waals surface area contributed by atoms with Gasteiger partial charge in [-0.05, 0) is 25.5 Å². The van der Waals surface area contributed by atoms with Gasteiger partial charge >= 0.3 is 5.97 Å². The van der Waals surface area contributed by atoms with Crippen molar-refractivity contribution < 1.29 is 14.3 Å². The molecule has 0 aliphatic rings. The summed E-state index contributed by atoms with van der Waals surface area (Å²) in [4.78, 5) is 15.2. The highest BCUT2D eigenvalue weighted by molar-refractivity contribution is 5.72. The van der Waals surface area contributed by atoms with Gasteiger partial charge in [-0.1, -0.05) is 12.2 Å². The summed E-state index contributed by atoms with van der Waals surface area (Å²) in [7, 11) is 0. The lowest BCUT2D eigenvalue weighted by Crippen LogP contribution is -2.01. The molecule has 4 heteroatoms.